The third kappa shape index (κ3) is 1.55. The third-order valence-corrected chi connectivity index (χ3v) is 0.581. The van der Waals surface area contributed by atoms with Gasteiger partial charge >= 0.3 is 0 Å². The Morgan fingerprint density at radius 3 is 2.71 bits per heavy atom. The Labute approximate surface area is 47.7 Å². The van der Waals surface area contributed by atoms with Crippen molar-refractivity contribution >= 4 is 24.3 Å². The predicted molar refractivity (Wildman–Crippen MR) is 31.5 cm³/mol. The molecule has 1 aliphatic heterocycles. The van der Waals surface area contributed by atoms with Gasteiger partial charge in [0, 0.05) is 0 Å². The minimum Gasteiger partial charge on any atom is -0.304 e. The van der Waals surface area contributed by atoms with Crippen molar-refractivity contribution in [2.45, 2.75) is 0 Å². The standard InChI is InChI=1S/C3H5N3.ClH/c4-3-1-5-6-2-3;/h1,4,6H,2H2;1H. The van der Waals surface area contributed by atoms with Crippen LogP contribution in [0.15, 0.2) is 5.10 Å². The van der Waals surface area contributed by atoms with Crippen molar-refractivity contribution in [3.05, 3.63) is 0 Å². The van der Waals surface area contributed by atoms with Gasteiger partial charge in [0.05, 0.1) is 18.5 Å². The van der Waals surface area contributed by atoms with Gasteiger partial charge in [-0.15, -0.1) is 12.4 Å². The van der Waals surface area contributed by atoms with Crippen molar-refractivity contribution in [1.82, 2.24) is 5.43 Å². The first-order valence-corrected chi connectivity index (χ1v) is 1.73. The molecule has 0 aromatic heterocycles. The zero-order valence-electron chi connectivity index (χ0n) is 3.64. The summed E-state index contributed by atoms with van der Waals surface area (Å²) in [5, 5.41) is 10.4. The summed E-state index contributed by atoms with van der Waals surface area (Å²) in [4.78, 5) is 0. The molecule has 0 amide bonds. The van der Waals surface area contributed by atoms with Gasteiger partial charge < -0.3 is 10.8 Å². The highest BCUT2D eigenvalue weighted by Crippen LogP contribution is 1.72. The molecule has 0 fully saturated rings. The van der Waals surface area contributed by atoms with E-state index in [-0.39, 0.29) is 12.4 Å². The second-order valence-corrected chi connectivity index (χ2v) is 1.12. The molecule has 0 atom stereocenters. The van der Waals surface area contributed by atoms with E-state index in [0.29, 0.717) is 12.3 Å². The molecule has 2 N–H and O–H groups in total. The second-order valence-electron chi connectivity index (χ2n) is 1.12. The summed E-state index contributed by atoms with van der Waals surface area (Å²) in [6, 6.07) is 0. The summed E-state index contributed by atoms with van der Waals surface area (Å²) in [5.41, 5.74) is 3.17. The summed E-state index contributed by atoms with van der Waals surface area (Å²) in [6.07, 6.45) is 1.50. The van der Waals surface area contributed by atoms with E-state index in [1.54, 1.807) is 0 Å². The van der Waals surface area contributed by atoms with Crippen molar-refractivity contribution in [3.8, 4) is 0 Å². The van der Waals surface area contributed by atoms with Gasteiger partial charge in [-0.3, -0.25) is 0 Å². The fourth-order valence-electron chi connectivity index (χ4n) is 0.300. The van der Waals surface area contributed by atoms with E-state index in [2.05, 4.69) is 10.5 Å². The molecule has 1 rings (SSSR count). The van der Waals surface area contributed by atoms with E-state index in [1.807, 2.05) is 0 Å². The highest BCUT2D eigenvalue weighted by molar-refractivity contribution is 6.31. The fraction of sp³-hybridized carbons (Fsp3) is 0.333. The van der Waals surface area contributed by atoms with Crippen molar-refractivity contribution < 1.29 is 0 Å². The molecule has 1 heterocycles. The SMILES string of the molecule is Cl.N=C1C=NNC1. The summed E-state index contributed by atoms with van der Waals surface area (Å²) >= 11 is 0. The predicted octanol–water partition coefficient (Wildman–Crippen LogP) is 0.0170. The van der Waals surface area contributed by atoms with Crippen LogP contribution in [-0.2, 0) is 0 Å². The molecular formula is C3H6ClN3. The molecule has 1 aliphatic rings. The Morgan fingerprint density at radius 1 is 1.86 bits per heavy atom. The molecule has 0 saturated carbocycles. The largest absolute Gasteiger partial charge is 0.304 e. The van der Waals surface area contributed by atoms with Crippen LogP contribution in [0.4, 0.5) is 0 Å². The van der Waals surface area contributed by atoms with E-state index in [4.69, 9.17) is 5.41 Å². The Balaban J connectivity index is 0.000000360. The molecule has 0 bridgehead atoms. The lowest BCUT2D eigenvalue weighted by atomic mass is 10.4. The average molecular weight is 120 g/mol. The van der Waals surface area contributed by atoms with Gasteiger partial charge in [-0.25, -0.2) is 0 Å². The van der Waals surface area contributed by atoms with Gasteiger partial charge in [-0.05, 0) is 0 Å². The van der Waals surface area contributed by atoms with Crippen LogP contribution in [-0.4, -0.2) is 18.5 Å². The van der Waals surface area contributed by atoms with E-state index >= 15 is 0 Å². The van der Waals surface area contributed by atoms with Gasteiger partial charge in [-0.1, -0.05) is 0 Å². The van der Waals surface area contributed by atoms with E-state index in [0.717, 1.165) is 0 Å². The van der Waals surface area contributed by atoms with Gasteiger partial charge in [0.15, 0.2) is 0 Å². The van der Waals surface area contributed by atoms with E-state index < -0.39 is 0 Å². The first kappa shape index (κ1) is 6.43. The lowest BCUT2D eigenvalue weighted by Crippen LogP contribution is -2.06. The Kier molecular flexibility index (Phi) is 2.37. The van der Waals surface area contributed by atoms with Crippen LogP contribution in [0, 0.1) is 5.41 Å². The smallest absolute Gasteiger partial charge is 0.0761 e. The molecule has 0 aliphatic carbocycles. The zero-order chi connectivity index (χ0) is 4.41. The summed E-state index contributed by atoms with van der Waals surface area (Å²) in [5.74, 6) is 0. The van der Waals surface area contributed by atoms with Crippen molar-refractivity contribution in [3.63, 3.8) is 0 Å². The average Bonchev–Trinajstić information content (AvgIpc) is 1.86. The van der Waals surface area contributed by atoms with E-state index in [1.165, 1.54) is 6.21 Å². The van der Waals surface area contributed by atoms with Crippen molar-refractivity contribution in [2.24, 2.45) is 5.10 Å². The van der Waals surface area contributed by atoms with Crippen LogP contribution < -0.4 is 5.43 Å². The maximum absolute atomic E-state index is 6.84. The molecule has 0 spiro atoms. The highest BCUT2D eigenvalue weighted by Gasteiger charge is 1.93. The Bertz CT molecular complexity index is 98.4. The number of hydrazone groups is 1. The molecular weight excluding hydrogens is 114 g/mol. The Hall–Kier alpha value is -0.570. The number of rotatable bonds is 0. The number of hydrogen-bond donors (Lipinski definition) is 2. The van der Waals surface area contributed by atoms with Crippen LogP contribution in [0.5, 0.6) is 0 Å². The first-order chi connectivity index (χ1) is 2.89. The molecule has 0 radical (unpaired) electrons. The van der Waals surface area contributed by atoms with Gasteiger partial charge in [0.1, 0.15) is 0 Å². The molecule has 0 aromatic rings. The molecule has 0 aromatic carbocycles. The van der Waals surface area contributed by atoms with Gasteiger partial charge in [0.2, 0.25) is 0 Å². The van der Waals surface area contributed by atoms with Crippen molar-refractivity contribution in [1.29, 1.82) is 5.41 Å². The normalized spacial score (nSPS) is 15.7. The molecule has 4 heteroatoms. The molecule has 7 heavy (non-hydrogen) atoms. The quantitative estimate of drug-likeness (QED) is 0.464. The highest BCUT2D eigenvalue weighted by atomic mass is 35.5. The lowest BCUT2D eigenvalue weighted by Gasteiger charge is -1.78. The van der Waals surface area contributed by atoms with Gasteiger partial charge in [0.25, 0.3) is 0 Å². The van der Waals surface area contributed by atoms with Crippen LogP contribution in [0.3, 0.4) is 0 Å². The summed E-state index contributed by atoms with van der Waals surface area (Å²) < 4.78 is 0. The van der Waals surface area contributed by atoms with Crippen LogP contribution >= 0.6 is 12.4 Å². The molecule has 3 nitrogen and oxygen atoms in total. The number of nitrogens with zero attached hydrogens (tertiary/aromatic N) is 1. The maximum Gasteiger partial charge on any atom is 0.0761 e. The van der Waals surface area contributed by atoms with E-state index in [9.17, 15) is 0 Å². The number of halogens is 1. The monoisotopic (exact) mass is 119 g/mol. The zero-order valence-corrected chi connectivity index (χ0v) is 4.46. The topological polar surface area (TPSA) is 48.2 Å². The Morgan fingerprint density at radius 2 is 2.57 bits per heavy atom. The molecule has 0 unspecified atom stereocenters. The third-order valence-electron chi connectivity index (χ3n) is 0.581. The van der Waals surface area contributed by atoms with Gasteiger partial charge in [-0.2, -0.15) is 5.10 Å². The number of nitrogens with one attached hydrogen (secondary N) is 2. The minimum atomic E-state index is 0. The maximum atomic E-state index is 6.84. The molecule has 0 saturated heterocycles. The minimum absolute atomic E-state index is 0. The van der Waals surface area contributed by atoms with Crippen LogP contribution in [0.2, 0.25) is 0 Å². The van der Waals surface area contributed by atoms with Crippen molar-refractivity contribution in [2.75, 3.05) is 6.54 Å². The summed E-state index contributed by atoms with van der Waals surface area (Å²) in [6.45, 7) is 0.597. The second kappa shape index (κ2) is 2.58. The van der Waals surface area contributed by atoms with Crippen LogP contribution in [0.1, 0.15) is 0 Å². The van der Waals surface area contributed by atoms with Crippen LogP contribution in [0.25, 0.3) is 0 Å². The number of hydrogen-bond acceptors (Lipinski definition) is 3. The molecule has 40 valence electrons. The fourth-order valence-corrected chi connectivity index (χ4v) is 0.300. The lowest BCUT2D eigenvalue weighted by molar-refractivity contribution is 0.879. The first-order valence-electron chi connectivity index (χ1n) is 1.73. The summed E-state index contributed by atoms with van der Waals surface area (Å²) in [7, 11) is 0.